The Hall–Kier alpha value is -2.15. The summed E-state index contributed by atoms with van der Waals surface area (Å²) in [6.07, 6.45) is 4.38. The molecule has 1 N–H and O–H groups in total. The largest absolute Gasteiger partial charge is 0.237 e. The zero-order valence-corrected chi connectivity index (χ0v) is 10.4. The molecule has 0 saturated heterocycles. The maximum atomic E-state index is 3.42. The second-order valence-corrected chi connectivity index (χ2v) is 4.69. The van der Waals surface area contributed by atoms with Crippen LogP contribution in [0.1, 0.15) is 22.7 Å². The molecule has 2 aromatic carbocycles. The topological polar surface area (TPSA) is 14.0 Å². The van der Waals surface area contributed by atoms with Gasteiger partial charge >= 0.3 is 0 Å². The van der Waals surface area contributed by atoms with Crippen molar-refractivity contribution in [1.82, 2.24) is 0 Å². The van der Waals surface area contributed by atoms with E-state index in [4.69, 9.17) is 0 Å². The first-order valence-corrected chi connectivity index (χ1v) is 6.26. The van der Waals surface area contributed by atoms with Crippen molar-refractivity contribution in [3.8, 4) is 0 Å². The van der Waals surface area contributed by atoms with E-state index in [2.05, 4.69) is 72.7 Å². The molecular formula is C17H16N+. The third-order valence-electron chi connectivity index (χ3n) is 3.31. The highest BCUT2D eigenvalue weighted by Gasteiger charge is 2.19. The highest BCUT2D eigenvalue weighted by molar-refractivity contribution is 6.08. The van der Waals surface area contributed by atoms with Gasteiger partial charge in [-0.15, -0.1) is 0 Å². The Morgan fingerprint density at radius 2 is 1.61 bits per heavy atom. The zero-order chi connectivity index (χ0) is 12.4. The number of aryl methyl sites for hydroxylation is 1. The van der Waals surface area contributed by atoms with Gasteiger partial charge in [-0.05, 0) is 12.5 Å². The Bertz CT molecular complexity index is 591. The smallest absolute Gasteiger partial charge is 0.195 e. The predicted molar refractivity (Wildman–Crippen MR) is 75.4 cm³/mol. The van der Waals surface area contributed by atoms with E-state index in [1.807, 2.05) is 6.07 Å². The molecule has 0 fully saturated rings. The Kier molecular flexibility index (Phi) is 2.81. The van der Waals surface area contributed by atoms with Crippen molar-refractivity contribution in [1.29, 1.82) is 0 Å². The van der Waals surface area contributed by atoms with E-state index >= 15 is 0 Å². The summed E-state index contributed by atoms with van der Waals surface area (Å²) in [5.41, 5.74) is 5.14. The summed E-state index contributed by atoms with van der Waals surface area (Å²) in [5.74, 6) is 0. The fourth-order valence-corrected chi connectivity index (χ4v) is 2.23. The molecule has 1 nitrogen and oxygen atoms in total. The van der Waals surface area contributed by atoms with Gasteiger partial charge in [-0.2, -0.15) is 0 Å². The maximum absolute atomic E-state index is 3.42. The van der Waals surface area contributed by atoms with Gasteiger partial charge in [-0.3, -0.25) is 0 Å². The Labute approximate surface area is 108 Å². The second kappa shape index (κ2) is 4.61. The van der Waals surface area contributed by atoms with E-state index in [0.717, 1.165) is 0 Å². The van der Waals surface area contributed by atoms with E-state index < -0.39 is 0 Å². The molecule has 0 aliphatic carbocycles. The summed E-state index contributed by atoms with van der Waals surface area (Å²) in [6.45, 7) is 2.11. The average Bonchev–Trinajstić information content (AvgIpc) is 2.90. The van der Waals surface area contributed by atoms with Crippen LogP contribution in [0.3, 0.4) is 0 Å². The van der Waals surface area contributed by atoms with Gasteiger partial charge in [-0.1, -0.05) is 60.2 Å². The molecule has 0 aromatic heterocycles. The molecule has 0 radical (unpaired) electrons. The predicted octanol–water partition coefficient (Wildman–Crippen LogP) is 2.28. The van der Waals surface area contributed by atoms with Gasteiger partial charge in [0.1, 0.15) is 0 Å². The van der Waals surface area contributed by atoms with Gasteiger partial charge in [-0.25, -0.2) is 4.99 Å². The Morgan fingerprint density at radius 1 is 0.889 bits per heavy atom. The zero-order valence-electron chi connectivity index (χ0n) is 10.4. The maximum Gasteiger partial charge on any atom is 0.195 e. The normalized spacial score (nSPS) is 17.8. The van der Waals surface area contributed by atoms with Crippen LogP contribution >= 0.6 is 0 Å². The molecule has 1 aliphatic rings. The summed E-state index contributed by atoms with van der Waals surface area (Å²) >= 11 is 0. The van der Waals surface area contributed by atoms with Crippen LogP contribution in [0.5, 0.6) is 0 Å². The lowest BCUT2D eigenvalue weighted by Gasteiger charge is -1.99. The third kappa shape index (κ3) is 2.12. The molecule has 1 atom stereocenters. The van der Waals surface area contributed by atoms with E-state index in [1.54, 1.807) is 0 Å². The van der Waals surface area contributed by atoms with E-state index in [1.165, 1.54) is 22.3 Å². The molecule has 3 rings (SSSR count). The van der Waals surface area contributed by atoms with Crippen LogP contribution < -0.4 is 4.99 Å². The molecule has 88 valence electrons. The molecule has 2 aromatic rings. The number of hydrogen-bond donors (Lipinski definition) is 1. The SMILES string of the molecule is Cc1ccc(C2=CC(c3ccccc3)[NH+]=C2)cc1. The average molecular weight is 234 g/mol. The summed E-state index contributed by atoms with van der Waals surface area (Å²) < 4.78 is 0. The van der Waals surface area contributed by atoms with Crippen LogP contribution in [-0.4, -0.2) is 6.21 Å². The summed E-state index contributed by atoms with van der Waals surface area (Å²) in [7, 11) is 0. The third-order valence-corrected chi connectivity index (χ3v) is 3.31. The number of hydrogen-bond acceptors (Lipinski definition) is 0. The van der Waals surface area contributed by atoms with Crippen molar-refractivity contribution in [2.75, 3.05) is 0 Å². The number of rotatable bonds is 2. The van der Waals surface area contributed by atoms with Crippen molar-refractivity contribution < 1.29 is 4.99 Å². The molecule has 1 unspecified atom stereocenters. The summed E-state index contributed by atoms with van der Waals surface area (Å²) in [4.78, 5) is 3.42. The lowest BCUT2D eigenvalue weighted by Crippen LogP contribution is -2.67. The van der Waals surface area contributed by atoms with Crippen molar-refractivity contribution in [3.63, 3.8) is 0 Å². The van der Waals surface area contributed by atoms with Gasteiger partial charge < -0.3 is 0 Å². The quantitative estimate of drug-likeness (QED) is 0.819. The van der Waals surface area contributed by atoms with E-state index in [0.29, 0.717) is 6.04 Å². The summed E-state index contributed by atoms with van der Waals surface area (Å²) in [5, 5.41) is 0. The lowest BCUT2D eigenvalue weighted by atomic mass is 10.0. The van der Waals surface area contributed by atoms with Gasteiger partial charge in [0.05, 0.1) is 0 Å². The van der Waals surface area contributed by atoms with E-state index in [-0.39, 0.29) is 0 Å². The summed E-state index contributed by atoms with van der Waals surface area (Å²) in [6, 6.07) is 19.5. The lowest BCUT2D eigenvalue weighted by molar-refractivity contribution is -0.485. The van der Waals surface area contributed by atoms with Crippen molar-refractivity contribution >= 4 is 11.8 Å². The molecule has 0 saturated carbocycles. The minimum Gasteiger partial charge on any atom is -0.237 e. The minimum atomic E-state index is 0.294. The fourth-order valence-electron chi connectivity index (χ4n) is 2.23. The first-order chi connectivity index (χ1) is 8.83. The molecule has 1 aliphatic heterocycles. The van der Waals surface area contributed by atoms with Gasteiger partial charge in [0.15, 0.2) is 12.3 Å². The number of allylic oxidation sites excluding steroid dienone is 1. The molecule has 0 spiro atoms. The Balaban J connectivity index is 1.89. The molecule has 0 amide bonds. The minimum absolute atomic E-state index is 0.294. The van der Waals surface area contributed by atoms with Crippen molar-refractivity contribution in [2.24, 2.45) is 0 Å². The Morgan fingerprint density at radius 3 is 2.33 bits per heavy atom. The van der Waals surface area contributed by atoms with Crippen LogP contribution in [0.15, 0.2) is 60.7 Å². The van der Waals surface area contributed by atoms with Crippen LogP contribution in [0, 0.1) is 6.92 Å². The standard InChI is InChI=1S/C17H15N/c1-13-7-9-14(10-8-13)16-11-17(18-12-16)15-5-3-2-4-6-15/h2-12,17H,1H3/p+1. The van der Waals surface area contributed by atoms with Crippen LogP contribution in [-0.2, 0) is 0 Å². The van der Waals surface area contributed by atoms with Gasteiger partial charge in [0.2, 0.25) is 0 Å². The highest BCUT2D eigenvalue weighted by Crippen LogP contribution is 2.20. The highest BCUT2D eigenvalue weighted by atomic mass is 14.8. The molecular weight excluding hydrogens is 218 g/mol. The number of benzene rings is 2. The van der Waals surface area contributed by atoms with Crippen LogP contribution in [0.2, 0.25) is 0 Å². The monoisotopic (exact) mass is 234 g/mol. The van der Waals surface area contributed by atoms with Crippen LogP contribution in [0.25, 0.3) is 5.57 Å². The second-order valence-electron chi connectivity index (χ2n) is 4.69. The molecule has 1 heterocycles. The molecule has 0 bridgehead atoms. The molecule has 18 heavy (non-hydrogen) atoms. The van der Waals surface area contributed by atoms with Crippen LogP contribution in [0.4, 0.5) is 0 Å². The first-order valence-electron chi connectivity index (χ1n) is 6.26. The van der Waals surface area contributed by atoms with Crippen molar-refractivity contribution in [2.45, 2.75) is 13.0 Å². The fraction of sp³-hybridized carbons (Fsp3) is 0.118. The van der Waals surface area contributed by atoms with Gasteiger partial charge in [0.25, 0.3) is 0 Å². The van der Waals surface area contributed by atoms with E-state index in [9.17, 15) is 0 Å². The number of nitrogens with one attached hydrogen (secondary N) is 1. The first kappa shape index (κ1) is 11.0. The van der Waals surface area contributed by atoms with Gasteiger partial charge in [0, 0.05) is 17.2 Å². The molecule has 1 heteroatoms. The van der Waals surface area contributed by atoms with Crippen molar-refractivity contribution in [3.05, 3.63) is 77.4 Å².